The predicted molar refractivity (Wildman–Crippen MR) is 100 cm³/mol. The monoisotopic (exact) mass is 352 g/mol. The Balaban J connectivity index is 1.63. The van der Waals surface area contributed by atoms with Crippen LogP contribution < -0.4 is 10.6 Å². The maximum absolute atomic E-state index is 12.3. The van der Waals surface area contributed by atoms with Gasteiger partial charge in [-0.05, 0) is 57.2 Å². The fraction of sp³-hybridized carbons (Fsp3) is 0.200. The average Bonchev–Trinajstić information content (AvgIpc) is 2.99. The summed E-state index contributed by atoms with van der Waals surface area (Å²) in [5, 5.41) is 6.27. The Morgan fingerprint density at radius 1 is 0.923 bits per heavy atom. The second-order valence-electron chi connectivity index (χ2n) is 6.81. The van der Waals surface area contributed by atoms with Crippen molar-refractivity contribution in [3.63, 3.8) is 0 Å². The topological polar surface area (TPSA) is 80.6 Å². The Labute approximate surface area is 151 Å². The van der Waals surface area contributed by atoms with Crippen molar-refractivity contribution < 1.29 is 18.7 Å². The molecular formula is C20H20N2O4. The quantitative estimate of drug-likeness (QED) is 0.692. The number of furan rings is 1. The van der Waals surface area contributed by atoms with Crippen molar-refractivity contribution in [1.82, 2.24) is 0 Å². The minimum Gasteiger partial charge on any atom is -0.451 e. The van der Waals surface area contributed by atoms with Crippen LogP contribution in [0.1, 0.15) is 31.3 Å². The SMILES string of the molecule is CC(C)(C)OC(=O)Nc1ccc(NC(=O)c2cc3ccccc3o2)cc1. The summed E-state index contributed by atoms with van der Waals surface area (Å²) in [6.07, 6.45) is -0.531. The van der Waals surface area contributed by atoms with Crippen LogP contribution in [-0.2, 0) is 4.74 Å². The number of fused-ring (bicyclic) bond motifs is 1. The normalized spacial score (nSPS) is 11.2. The number of anilines is 2. The second kappa shape index (κ2) is 6.92. The third-order valence-electron chi connectivity index (χ3n) is 3.44. The van der Waals surface area contributed by atoms with Gasteiger partial charge in [0.15, 0.2) is 5.76 Å². The van der Waals surface area contributed by atoms with Crippen molar-refractivity contribution in [1.29, 1.82) is 0 Å². The Morgan fingerprint density at radius 2 is 1.54 bits per heavy atom. The summed E-state index contributed by atoms with van der Waals surface area (Å²) in [7, 11) is 0. The first-order chi connectivity index (χ1) is 12.3. The zero-order valence-electron chi connectivity index (χ0n) is 14.8. The first-order valence-corrected chi connectivity index (χ1v) is 8.20. The second-order valence-corrected chi connectivity index (χ2v) is 6.81. The van der Waals surface area contributed by atoms with Crippen LogP contribution in [0.4, 0.5) is 16.2 Å². The first kappa shape index (κ1) is 17.5. The van der Waals surface area contributed by atoms with Gasteiger partial charge in [0.2, 0.25) is 0 Å². The van der Waals surface area contributed by atoms with E-state index < -0.39 is 11.7 Å². The van der Waals surface area contributed by atoms with Crippen LogP contribution >= 0.6 is 0 Å². The molecule has 0 aliphatic carbocycles. The van der Waals surface area contributed by atoms with Crippen LogP contribution in [0.5, 0.6) is 0 Å². The molecule has 0 radical (unpaired) electrons. The van der Waals surface area contributed by atoms with Crippen molar-refractivity contribution in [2.75, 3.05) is 10.6 Å². The predicted octanol–water partition coefficient (Wildman–Crippen LogP) is 5.03. The molecule has 26 heavy (non-hydrogen) atoms. The summed E-state index contributed by atoms with van der Waals surface area (Å²) in [4.78, 5) is 24.1. The lowest BCUT2D eigenvalue weighted by Gasteiger charge is -2.19. The van der Waals surface area contributed by atoms with Crippen LogP contribution in [0, 0.1) is 0 Å². The Hall–Kier alpha value is -3.28. The molecule has 0 unspecified atom stereocenters. The molecule has 0 aliphatic heterocycles. The van der Waals surface area contributed by atoms with E-state index in [1.807, 2.05) is 24.3 Å². The van der Waals surface area contributed by atoms with E-state index >= 15 is 0 Å². The van der Waals surface area contributed by atoms with Gasteiger partial charge in [-0.3, -0.25) is 10.1 Å². The van der Waals surface area contributed by atoms with E-state index in [0.717, 1.165) is 5.39 Å². The molecule has 134 valence electrons. The smallest absolute Gasteiger partial charge is 0.412 e. The summed E-state index contributed by atoms with van der Waals surface area (Å²) in [5.41, 5.74) is 1.26. The minimum atomic E-state index is -0.565. The number of benzene rings is 2. The van der Waals surface area contributed by atoms with Crippen molar-refractivity contribution in [3.8, 4) is 0 Å². The number of nitrogens with one attached hydrogen (secondary N) is 2. The Bertz CT molecular complexity index is 903. The number of carbonyl (C=O) groups excluding carboxylic acids is 2. The van der Waals surface area contributed by atoms with E-state index in [0.29, 0.717) is 17.0 Å². The van der Waals surface area contributed by atoms with Gasteiger partial charge in [-0.25, -0.2) is 4.79 Å². The molecule has 2 amide bonds. The summed E-state index contributed by atoms with van der Waals surface area (Å²) < 4.78 is 10.7. The molecule has 3 rings (SSSR count). The van der Waals surface area contributed by atoms with Gasteiger partial charge < -0.3 is 14.5 Å². The van der Waals surface area contributed by atoms with Crippen LogP contribution in [0.25, 0.3) is 11.0 Å². The van der Waals surface area contributed by atoms with Crippen molar-refractivity contribution >= 4 is 34.3 Å². The zero-order valence-corrected chi connectivity index (χ0v) is 14.8. The molecule has 0 spiro atoms. The molecule has 0 saturated carbocycles. The van der Waals surface area contributed by atoms with Crippen molar-refractivity contribution in [3.05, 3.63) is 60.4 Å². The third kappa shape index (κ3) is 4.42. The maximum atomic E-state index is 12.3. The van der Waals surface area contributed by atoms with Gasteiger partial charge in [0.25, 0.3) is 5.91 Å². The standard InChI is InChI=1S/C20H20N2O4/c1-20(2,3)26-19(24)22-15-10-8-14(9-11-15)21-18(23)17-12-13-6-4-5-7-16(13)25-17/h4-12H,1-3H3,(H,21,23)(H,22,24). The van der Waals surface area contributed by atoms with E-state index in [-0.39, 0.29) is 11.7 Å². The van der Waals surface area contributed by atoms with Crippen molar-refractivity contribution in [2.45, 2.75) is 26.4 Å². The molecule has 2 aromatic carbocycles. The third-order valence-corrected chi connectivity index (χ3v) is 3.44. The van der Waals surface area contributed by atoms with E-state index in [4.69, 9.17) is 9.15 Å². The zero-order chi connectivity index (χ0) is 18.7. The molecule has 0 atom stereocenters. The molecule has 0 fully saturated rings. The average molecular weight is 352 g/mol. The van der Waals surface area contributed by atoms with Gasteiger partial charge >= 0.3 is 6.09 Å². The number of hydrogen-bond acceptors (Lipinski definition) is 4. The van der Waals surface area contributed by atoms with Crippen LogP contribution in [0.3, 0.4) is 0 Å². The number of amides is 2. The van der Waals surface area contributed by atoms with Crippen LogP contribution in [-0.4, -0.2) is 17.6 Å². The number of hydrogen-bond donors (Lipinski definition) is 2. The minimum absolute atomic E-state index is 0.238. The molecule has 2 N–H and O–H groups in total. The summed E-state index contributed by atoms with van der Waals surface area (Å²) in [6, 6.07) is 15.9. The molecule has 0 aliphatic rings. The number of carbonyl (C=O) groups is 2. The summed E-state index contributed by atoms with van der Waals surface area (Å²) in [6.45, 7) is 5.38. The molecule has 0 bridgehead atoms. The highest BCUT2D eigenvalue weighted by atomic mass is 16.6. The van der Waals surface area contributed by atoms with Gasteiger partial charge in [-0.1, -0.05) is 18.2 Å². The largest absolute Gasteiger partial charge is 0.451 e. The van der Waals surface area contributed by atoms with Crippen LogP contribution in [0.2, 0.25) is 0 Å². The van der Waals surface area contributed by atoms with Gasteiger partial charge in [0.1, 0.15) is 11.2 Å². The maximum Gasteiger partial charge on any atom is 0.412 e. The Kier molecular flexibility index (Phi) is 4.67. The highest BCUT2D eigenvalue weighted by Crippen LogP contribution is 2.21. The highest BCUT2D eigenvalue weighted by Gasteiger charge is 2.16. The van der Waals surface area contributed by atoms with E-state index in [1.54, 1.807) is 51.1 Å². The lowest BCUT2D eigenvalue weighted by Crippen LogP contribution is -2.27. The molecule has 3 aromatic rings. The van der Waals surface area contributed by atoms with Gasteiger partial charge in [0, 0.05) is 16.8 Å². The summed E-state index contributed by atoms with van der Waals surface area (Å²) >= 11 is 0. The molecular weight excluding hydrogens is 332 g/mol. The number of para-hydroxylation sites is 1. The van der Waals surface area contributed by atoms with Crippen LogP contribution in [0.15, 0.2) is 59.0 Å². The van der Waals surface area contributed by atoms with Gasteiger partial charge in [-0.15, -0.1) is 0 Å². The number of rotatable bonds is 3. The fourth-order valence-corrected chi connectivity index (χ4v) is 2.34. The van der Waals surface area contributed by atoms with E-state index in [2.05, 4.69) is 10.6 Å². The first-order valence-electron chi connectivity index (χ1n) is 8.20. The van der Waals surface area contributed by atoms with Gasteiger partial charge in [-0.2, -0.15) is 0 Å². The molecule has 6 nitrogen and oxygen atoms in total. The molecule has 1 heterocycles. The molecule has 1 aromatic heterocycles. The van der Waals surface area contributed by atoms with E-state index in [9.17, 15) is 9.59 Å². The van der Waals surface area contributed by atoms with Gasteiger partial charge in [0.05, 0.1) is 0 Å². The molecule has 0 saturated heterocycles. The number of ether oxygens (including phenoxy) is 1. The Morgan fingerprint density at radius 3 is 2.15 bits per heavy atom. The molecule has 6 heteroatoms. The van der Waals surface area contributed by atoms with E-state index in [1.165, 1.54) is 0 Å². The fourth-order valence-electron chi connectivity index (χ4n) is 2.34. The summed E-state index contributed by atoms with van der Waals surface area (Å²) in [5.74, 6) is -0.101. The van der Waals surface area contributed by atoms with Crippen molar-refractivity contribution in [2.24, 2.45) is 0 Å². The lowest BCUT2D eigenvalue weighted by molar-refractivity contribution is 0.0635. The highest BCUT2D eigenvalue weighted by molar-refractivity contribution is 6.04. The lowest BCUT2D eigenvalue weighted by atomic mass is 10.2.